The van der Waals surface area contributed by atoms with Crippen LogP contribution in [0.1, 0.15) is 41.6 Å². The first-order chi connectivity index (χ1) is 19.2. The number of oxazole rings is 1. The molecule has 0 radical (unpaired) electrons. The predicted octanol–water partition coefficient (Wildman–Crippen LogP) is 5.44. The van der Waals surface area contributed by atoms with Crippen molar-refractivity contribution in [3.05, 3.63) is 65.7 Å². The maximum Gasteiger partial charge on any atom is 0.300 e. The van der Waals surface area contributed by atoms with Gasteiger partial charge in [0.2, 0.25) is 0 Å². The van der Waals surface area contributed by atoms with Crippen LogP contribution in [-0.2, 0) is 16.3 Å². The van der Waals surface area contributed by atoms with Crippen LogP contribution in [0.3, 0.4) is 0 Å². The Morgan fingerprint density at radius 3 is 2.70 bits per heavy atom. The van der Waals surface area contributed by atoms with Gasteiger partial charge in [0.25, 0.3) is 6.01 Å². The molecule has 3 aliphatic rings. The van der Waals surface area contributed by atoms with Gasteiger partial charge in [-0.05, 0) is 74.7 Å². The molecule has 3 heterocycles. The number of Topliss-reactive ketones (excluding diaryl/α,β-unsaturated/α-hetero) is 1. The van der Waals surface area contributed by atoms with Crippen LogP contribution in [-0.4, -0.2) is 62.6 Å². The van der Waals surface area contributed by atoms with Crippen molar-refractivity contribution in [3.63, 3.8) is 0 Å². The van der Waals surface area contributed by atoms with E-state index in [-0.39, 0.29) is 10.7 Å². The predicted molar refractivity (Wildman–Crippen MR) is 156 cm³/mol. The smallest absolute Gasteiger partial charge is 0.300 e. The zero-order valence-corrected chi connectivity index (χ0v) is 23.5. The largest absolute Gasteiger partial charge is 0.423 e. The molecule has 2 fully saturated rings. The van der Waals surface area contributed by atoms with E-state index in [2.05, 4.69) is 33.2 Å². The fraction of sp³-hybridized carbons (Fsp3) is 0.355. The summed E-state index contributed by atoms with van der Waals surface area (Å²) in [6.07, 6.45) is 5.87. The Balaban J connectivity index is 1.24. The normalized spacial score (nSPS) is 21.1. The number of para-hydroxylation sites is 1. The number of aromatic nitrogens is 1. The van der Waals surface area contributed by atoms with E-state index in [9.17, 15) is 13.2 Å². The number of piperidine rings is 1. The van der Waals surface area contributed by atoms with Gasteiger partial charge in [0, 0.05) is 53.8 Å². The zero-order valence-electron chi connectivity index (χ0n) is 22.7. The minimum atomic E-state index is -3.44. The molecule has 7 rings (SSSR count). The molecule has 2 atom stereocenters. The van der Waals surface area contributed by atoms with Crippen molar-refractivity contribution in [2.75, 3.05) is 36.6 Å². The number of likely N-dealkylation sites (N-methyl/N-ethyl adjacent to an activating group) is 1. The molecular weight excluding hydrogens is 524 g/mol. The summed E-state index contributed by atoms with van der Waals surface area (Å²) in [7, 11) is -1.25. The molecule has 1 aliphatic carbocycles. The number of rotatable bonds is 5. The lowest BCUT2D eigenvalue weighted by atomic mass is 9.97. The molecule has 0 amide bonds. The highest BCUT2D eigenvalue weighted by molar-refractivity contribution is 7.90. The SMILES string of the molecule is CN1CCCC2C1CCN2c1cc(Nc2nc3cccc(-c4ccc5c(c4)CCC5=O)c3o2)cc(S(C)(=O)=O)c1. The number of likely N-dealkylation sites (tertiary alicyclic amines) is 1. The number of fused-ring (bicyclic) bond motifs is 3. The monoisotopic (exact) mass is 556 g/mol. The molecule has 1 N–H and O–H groups in total. The van der Waals surface area contributed by atoms with E-state index in [1.807, 2.05) is 36.4 Å². The Bertz CT molecular complexity index is 1760. The Morgan fingerprint density at radius 2 is 1.85 bits per heavy atom. The van der Waals surface area contributed by atoms with Crippen molar-refractivity contribution in [2.24, 2.45) is 0 Å². The number of nitrogens with zero attached hydrogens (tertiary/aromatic N) is 3. The standard InChI is InChI=1S/C31H32N4O4S/c1-34-13-4-7-28-27(34)12-14-35(28)22-16-21(17-23(18-22)40(2,37)38)32-31-33-26-6-3-5-25(30(26)39-31)20-8-10-24-19(15-20)9-11-29(24)36/h3,5-6,8,10,15-18,27-28H,4,7,9,11-14H2,1-2H3,(H,32,33). The molecule has 2 saturated heterocycles. The van der Waals surface area contributed by atoms with Crippen LogP contribution in [0.15, 0.2) is 63.9 Å². The molecule has 206 valence electrons. The van der Waals surface area contributed by atoms with Gasteiger partial charge in [-0.25, -0.2) is 8.42 Å². The molecule has 2 aliphatic heterocycles. The van der Waals surface area contributed by atoms with Gasteiger partial charge in [-0.15, -0.1) is 0 Å². The van der Waals surface area contributed by atoms with E-state index >= 15 is 0 Å². The highest BCUT2D eigenvalue weighted by atomic mass is 32.2. The third-order valence-electron chi connectivity index (χ3n) is 8.74. The van der Waals surface area contributed by atoms with E-state index in [4.69, 9.17) is 4.42 Å². The summed E-state index contributed by atoms with van der Waals surface area (Å²) in [4.78, 5) is 21.8. The van der Waals surface area contributed by atoms with E-state index in [0.29, 0.717) is 41.3 Å². The van der Waals surface area contributed by atoms with Crippen molar-refractivity contribution in [3.8, 4) is 11.1 Å². The topological polar surface area (TPSA) is 95.8 Å². The molecule has 2 unspecified atom stereocenters. The molecule has 3 aromatic carbocycles. The molecule has 1 aromatic heterocycles. The second kappa shape index (κ2) is 9.45. The lowest BCUT2D eigenvalue weighted by Gasteiger charge is -2.38. The molecule has 0 spiro atoms. The third-order valence-corrected chi connectivity index (χ3v) is 9.83. The van der Waals surface area contributed by atoms with Crippen molar-refractivity contribution >= 4 is 44.1 Å². The van der Waals surface area contributed by atoms with Gasteiger partial charge in [-0.3, -0.25) is 4.79 Å². The lowest BCUT2D eigenvalue weighted by molar-refractivity contribution is 0.0994. The number of hydrogen-bond donors (Lipinski definition) is 1. The number of carbonyl (C=O) groups excluding carboxylic acids is 1. The van der Waals surface area contributed by atoms with Crippen LogP contribution in [0.5, 0.6) is 0 Å². The van der Waals surface area contributed by atoms with E-state index in [1.54, 1.807) is 12.1 Å². The molecule has 0 bridgehead atoms. The second-order valence-corrected chi connectivity index (χ2v) is 13.3. The Morgan fingerprint density at radius 1 is 0.975 bits per heavy atom. The highest BCUT2D eigenvalue weighted by Crippen LogP contribution is 2.38. The number of anilines is 3. The van der Waals surface area contributed by atoms with Gasteiger partial charge in [0.1, 0.15) is 5.52 Å². The molecule has 9 heteroatoms. The number of hydrogen-bond acceptors (Lipinski definition) is 8. The first-order valence-electron chi connectivity index (χ1n) is 13.9. The van der Waals surface area contributed by atoms with E-state index in [1.165, 1.54) is 6.26 Å². The maximum absolute atomic E-state index is 12.7. The fourth-order valence-electron chi connectivity index (χ4n) is 6.75. The molecule has 40 heavy (non-hydrogen) atoms. The Hall–Kier alpha value is -3.69. The second-order valence-electron chi connectivity index (χ2n) is 11.3. The molecule has 0 saturated carbocycles. The van der Waals surface area contributed by atoms with Crippen molar-refractivity contribution < 1.29 is 17.6 Å². The average Bonchev–Trinajstić information content (AvgIpc) is 3.64. The number of benzene rings is 3. The summed E-state index contributed by atoms with van der Waals surface area (Å²) in [5.74, 6) is 0.196. The van der Waals surface area contributed by atoms with E-state index < -0.39 is 9.84 Å². The zero-order chi connectivity index (χ0) is 27.6. The van der Waals surface area contributed by atoms with Crippen molar-refractivity contribution in [1.82, 2.24) is 9.88 Å². The number of aryl methyl sites for hydroxylation is 1. The van der Waals surface area contributed by atoms with Gasteiger partial charge in [0.05, 0.1) is 4.90 Å². The number of nitrogens with one attached hydrogen (secondary N) is 1. The highest BCUT2D eigenvalue weighted by Gasteiger charge is 2.39. The van der Waals surface area contributed by atoms with Gasteiger partial charge in [0.15, 0.2) is 21.2 Å². The maximum atomic E-state index is 12.7. The quantitative estimate of drug-likeness (QED) is 0.347. The first-order valence-corrected chi connectivity index (χ1v) is 15.8. The van der Waals surface area contributed by atoms with Crippen LogP contribution in [0.25, 0.3) is 22.2 Å². The van der Waals surface area contributed by atoms with Crippen molar-refractivity contribution in [1.29, 1.82) is 0 Å². The minimum absolute atomic E-state index is 0.196. The first kappa shape index (κ1) is 25.3. The van der Waals surface area contributed by atoms with Crippen LogP contribution < -0.4 is 10.2 Å². The molecular formula is C31H32N4O4S. The Labute approximate surface area is 233 Å². The van der Waals surface area contributed by atoms with Crippen LogP contribution in [0.2, 0.25) is 0 Å². The van der Waals surface area contributed by atoms with Gasteiger partial charge in [-0.1, -0.05) is 30.3 Å². The summed E-state index contributed by atoms with van der Waals surface area (Å²) >= 11 is 0. The van der Waals surface area contributed by atoms with Gasteiger partial charge >= 0.3 is 0 Å². The van der Waals surface area contributed by atoms with Crippen LogP contribution >= 0.6 is 0 Å². The average molecular weight is 557 g/mol. The summed E-state index contributed by atoms with van der Waals surface area (Å²) in [6, 6.07) is 18.3. The van der Waals surface area contributed by atoms with Crippen LogP contribution in [0.4, 0.5) is 17.4 Å². The summed E-state index contributed by atoms with van der Waals surface area (Å²) in [6.45, 7) is 2.00. The Kier molecular flexibility index (Phi) is 5.98. The summed E-state index contributed by atoms with van der Waals surface area (Å²) in [5, 5.41) is 3.25. The van der Waals surface area contributed by atoms with Crippen molar-refractivity contribution in [2.45, 2.75) is 49.1 Å². The number of sulfone groups is 1. The van der Waals surface area contributed by atoms with Gasteiger partial charge in [-0.2, -0.15) is 4.98 Å². The molecule has 4 aromatic rings. The summed E-state index contributed by atoms with van der Waals surface area (Å²) in [5.41, 5.74) is 6.61. The van der Waals surface area contributed by atoms with Gasteiger partial charge < -0.3 is 19.5 Å². The molecule has 8 nitrogen and oxygen atoms in total. The third kappa shape index (κ3) is 4.37. The van der Waals surface area contributed by atoms with E-state index in [0.717, 1.165) is 66.7 Å². The van der Waals surface area contributed by atoms with Crippen LogP contribution in [0, 0.1) is 0 Å². The summed E-state index contributed by atoms with van der Waals surface area (Å²) < 4.78 is 31.6. The number of ketones is 1. The lowest BCUT2D eigenvalue weighted by Crippen LogP contribution is -2.47. The number of carbonyl (C=O) groups is 1. The fourth-order valence-corrected chi connectivity index (χ4v) is 7.42. The minimum Gasteiger partial charge on any atom is -0.423 e.